The first kappa shape index (κ1) is 14.7. The number of hydrogen-bond donors (Lipinski definition) is 1. The van der Waals surface area contributed by atoms with Crippen LogP contribution in [0.15, 0.2) is 0 Å². The van der Waals surface area contributed by atoms with Crippen molar-refractivity contribution >= 4 is 15.7 Å². The van der Waals surface area contributed by atoms with Gasteiger partial charge in [0.2, 0.25) is 5.91 Å². The minimum absolute atomic E-state index is 0.0333. The summed E-state index contributed by atoms with van der Waals surface area (Å²) in [4.78, 5) is 15.8. The van der Waals surface area contributed by atoms with Gasteiger partial charge in [-0.1, -0.05) is 0 Å². The number of nitrogens with zero attached hydrogens (tertiary/aromatic N) is 2. The Balaban J connectivity index is 1.96. The standard InChI is InChI=1S/C12H22N2O4S/c1-13(2)8-12(16)4-5-14(9-12)11(15)10-3-6-19(17,18)7-10/h10,16H,3-9H2,1-2H3/t10-,12+/m1/s1. The first-order chi connectivity index (χ1) is 8.71. The molecule has 0 aromatic heterocycles. The Bertz CT molecular complexity index is 462. The summed E-state index contributed by atoms with van der Waals surface area (Å²) in [6, 6.07) is 0. The molecule has 0 aromatic rings. The highest BCUT2D eigenvalue weighted by Gasteiger charge is 2.42. The van der Waals surface area contributed by atoms with E-state index in [4.69, 9.17) is 0 Å². The Kier molecular flexibility index (Phi) is 3.90. The minimum atomic E-state index is -3.04. The van der Waals surface area contributed by atoms with Crippen molar-refractivity contribution in [1.82, 2.24) is 9.80 Å². The Labute approximate surface area is 114 Å². The molecule has 2 atom stereocenters. The van der Waals surface area contributed by atoms with Gasteiger partial charge in [0.1, 0.15) is 0 Å². The van der Waals surface area contributed by atoms with Crippen LogP contribution in [0.2, 0.25) is 0 Å². The van der Waals surface area contributed by atoms with Crippen LogP contribution in [-0.2, 0) is 14.6 Å². The van der Waals surface area contributed by atoms with E-state index in [1.165, 1.54) is 0 Å². The topological polar surface area (TPSA) is 77.9 Å². The van der Waals surface area contributed by atoms with Crippen LogP contribution >= 0.6 is 0 Å². The molecule has 19 heavy (non-hydrogen) atoms. The van der Waals surface area contributed by atoms with Crippen molar-refractivity contribution in [2.45, 2.75) is 18.4 Å². The van der Waals surface area contributed by atoms with E-state index >= 15 is 0 Å². The number of carbonyl (C=O) groups excluding carboxylic acids is 1. The van der Waals surface area contributed by atoms with Gasteiger partial charge in [0.05, 0.1) is 29.6 Å². The summed E-state index contributed by atoms with van der Waals surface area (Å²) in [5.41, 5.74) is -0.864. The molecule has 0 aromatic carbocycles. The average molecular weight is 290 g/mol. The third-order valence-electron chi connectivity index (χ3n) is 3.84. The summed E-state index contributed by atoms with van der Waals surface area (Å²) in [5.74, 6) is -0.448. The van der Waals surface area contributed by atoms with Gasteiger partial charge >= 0.3 is 0 Å². The summed E-state index contributed by atoms with van der Waals surface area (Å²) in [6.45, 7) is 1.33. The lowest BCUT2D eigenvalue weighted by Crippen LogP contribution is -2.44. The van der Waals surface area contributed by atoms with Crippen molar-refractivity contribution in [3.05, 3.63) is 0 Å². The predicted octanol–water partition coefficient (Wildman–Crippen LogP) is -1.05. The van der Waals surface area contributed by atoms with Crippen LogP contribution < -0.4 is 0 Å². The van der Waals surface area contributed by atoms with Crippen molar-refractivity contribution in [3.63, 3.8) is 0 Å². The molecule has 2 aliphatic heterocycles. The number of hydrogen-bond acceptors (Lipinski definition) is 5. The molecular formula is C12H22N2O4S. The molecule has 6 nitrogen and oxygen atoms in total. The van der Waals surface area contributed by atoms with E-state index in [0.29, 0.717) is 32.5 Å². The quantitative estimate of drug-likeness (QED) is 0.717. The van der Waals surface area contributed by atoms with Crippen LogP contribution in [0, 0.1) is 5.92 Å². The van der Waals surface area contributed by atoms with E-state index < -0.39 is 21.4 Å². The van der Waals surface area contributed by atoms with Gasteiger partial charge in [-0.05, 0) is 26.9 Å². The summed E-state index contributed by atoms with van der Waals surface area (Å²) in [5, 5.41) is 10.4. The Morgan fingerprint density at radius 1 is 1.47 bits per heavy atom. The normalized spacial score (nSPS) is 34.1. The van der Waals surface area contributed by atoms with Crippen molar-refractivity contribution in [2.24, 2.45) is 5.92 Å². The number of carbonyl (C=O) groups is 1. The highest BCUT2D eigenvalue weighted by molar-refractivity contribution is 7.91. The Hall–Kier alpha value is -0.660. The van der Waals surface area contributed by atoms with E-state index in [1.807, 2.05) is 19.0 Å². The van der Waals surface area contributed by atoms with Gasteiger partial charge < -0.3 is 14.9 Å². The van der Waals surface area contributed by atoms with E-state index in [0.717, 1.165) is 0 Å². The zero-order chi connectivity index (χ0) is 14.3. The molecule has 0 unspecified atom stereocenters. The molecule has 0 spiro atoms. The van der Waals surface area contributed by atoms with Gasteiger partial charge in [-0.3, -0.25) is 4.79 Å². The summed E-state index contributed by atoms with van der Waals surface area (Å²) in [6.07, 6.45) is 0.972. The van der Waals surface area contributed by atoms with Gasteiger partial charge in [-0.15, -0.1) is 0 Å². The molecule has 0 bridgehead atoms. The van der Waals surface area contributed by atoms with Crippen molar-refractivity contribution in [2.75, 3.05) is 45.2 Å². The van der Waals surface area contributed by atoms with E-state index in [-0.39, 0.29) is 17.4 Å². The summed E-state index contributed by atoms with van der Waals surface area (Å²) >= 11 is 0. The second kappa shape index (κ2) is 5.03. The van der Waals surface area contributed by atoms with Gasteiger partial charge in [0.25, 0.3) is 0 Å². The SMILES string of the molecule is CN(C)C[C@@]1(O)CCN(C(=O)[C@@H]2CCS(=O)(=O)C2)C1. The smallest absolute Gasteiger partial charge is 0.226 e. The van der Waals surface area contributed by atoms with Crippen LogP contribution in [-0.4, -0.2) is 80.1 Å². The molecule has 2 aliphatic rings. The van der Waals surface area contributed by atoms with Crippen LogP contribution in [0.4, 0.5) is 0 Å². The molecule has 2 saturated heterocycles. The fraction of sp³-hybridized carbons (Fsp3) is 0.917. The number of sulfone groups is 1. The molecule has 0 radical (unpaired) electrons. The van der Waals surface area contributed by atoms with Crippen molar-refractivity contribution in [3.8, 4) is 0 Å². The number of β-amino-alcohol motifs (C(OH)–C–C–N with tert-alkyl or cyclic N) is 1. The second-order valence-electron chi connectivity index (χ2n) is 6.07. The molecule has 1 amide bonds. The van der Waals surface area contributed by atoms with Crippen LogP contribution in [0.25, 0.3) is 0 Å². The number of likely N-dealkylation sites (tertiary alicyclic amines) is 1. The number of aliphatic hydroxyl groups is 1. The maximum absolute atomic E-state index is 12.2. The zero-order valence-electron chi connectivity index (χ0n) is 11.5. The zero-order valence-corrected chi connectivity index (χ0v) is 12.3. The third-order valence-corrected chi connectivity index (χ3v) is 5.60. The molecule has 0 saturated carbocycles. The second-order valence-corrected chi connectivity index (χ2v) is 8.30. The van der Waals surface area contributed by atoms with Gasteiger partial charge in [-0.25, -0.2) is 8.42 Å². The molecule has 1 N–H and O–H groups in total. The maximum Gasteiger partial charge on any atom is 0.226 e. The molecule has 110 valence electrons. The van der Waals surface area contributed by atoms with E-state index in [1.54, 1.807) is 4.90 Å². The van der Waals surface area contributed by atoms with E-state index in [2.05, 4.69) is 0 Å². The summed E-state index contributed by atoms with van der Waals surface area (Å²) < 4.78 is 22.8. The van der Waals surface area contributed by atoms with Gasteiger partial charge in [0.15, 0.2) is 9.84 Å². The molecule has 2 heterocycles. The minimum Gasteiger partial charge on any atom is -0.387 e. The van der Waals surface area contributed by atoms with E-state index in [9.17, 15) is 18.3 Å². The lowest BCUT2D eigenvalue weighted by Gasteiger charge is -2.27. The summed E-state index contributed by atoms with van der Waals surface area (Å²) in [7, 11) is 0.726. The van der Waals surface area contributed by atoms with Crippen LogP contribution in [0.3, 0.4) is 0 Å². The number of amides is 1. The highest BCUT2D eigenvalue weighted by Crippen LogP contribution is 2.27. The Morgan fingerprint density at radius 3 is 2.68 bits per heavy atom. The lowest BCUT2D eigenvalue weighted by molar-refractivity contribution is -0.134. The molecule has 2 fully saturated rings. The largest absolute Gasteiger partial charge is 0.387 e. The Morgan fingerprint density at radius 2 is 2.16 bits per heavy atom. The van der Waals surface area contributed by atoms with Crippen LogP contribution in [0.1, 0.15) is 12.8 Å². The molecule has 0 aliphatic carbocycles. The van der Waals surface area contributed by atoms with Crippen molar-refractivity contribution < 1.29 is 18.3 Å². The predicted molar refractivity (Wildman–Crippen MR) is 71.5 cm³/mol. The average Bonchev–Trinajstić information content (AvgIpc) is 2.80. The third kappa shape index (κ3) is 3.46. The first-order valence-corrected chi connectivity index (χ1v) is 8.39. The monoisotopic (exact) mass is 290 g/mol. The number of rotatable bonds is 3. The number of likely N-dealkylation sites (N-methyl/N-ethyl adjacent to an activating group) is 1. The maximum atomic E-state index is 12.2. The fourth-order valence-corrected chi connectivity index (χ4v) is 4.74. The van der Waals surface area contributed by atoms with Gasteiger partial charge in [-0.2, -0.15) is 0 Å². The van der Waals surface area contributed by atoms with Crippen LogP contribution in [0.5, 0.6) is 0 Å². The highest BCUT2D eigenvalue weighted by atomic mass is 32.2. The fourth-order valence-electron chi connectivity index (χ4n) is 3.01. The van der Waals surface area contributed by atoms with Gasteiger partial charge in [0, 0.05) is 13.1 Å². The first-order valence-electron chi connectivity index (χ1n) is 6.57. The molecule has 7 heteroatoms. The van der Waals surface area contributed by atoms with Crippen molar-refractivity contribution in [1.29, 1.82) is 0 Å². The lowest BCUT2D eigenvalue weighted by atomic mass is 10.0. The molecule has 2 rings (SSSR count). The molecular weight excluding hydrogens is 268 g/mol.